The molecule has 1 atom stereocenters. The van der Waals surface area contributed by atoms with E-state index < -0.39 is 22.0 Å². The Balaban J connectivity index is 1.34. The number of carbonyl (C=O) groups excluding carboxylic acids is 1. The molecule has 0 bridgehead atoms. The summed E-state index contributed by atoms with van der Waals surface area (Å²) in [6.45, 7) is 0.00187. The highest BCUT2D eigenvalue weighted by atomic mass is 32.2. The van der Waals surface area contributed by atoms with Crippen LogP contribution in [0.25, 0.3) is 21.3 Å². The molecule has 0 saturated heterocycles. The largest absolute Gasteiger partial charge is 0.467 e. The zero-order valence-corrected chi connectivity index (χ0v) is 21.9. The van der Waals surface area contributed by atoms with Gasteiger partial charge in [-0.3, -0.25) is 0 Å². The number of methoxy groups -OCH3 is 1. The maximum atomic E-state index is 13.2. The molecule has 0 fully saturated rings. The van der Waals surface area contributed by atoms with Crippen molar-refractivity contribution in [2.75, 3.05) is 14.2 Å². The second-order valence-electron chi connectivity index (χ2n) is 8.54. The smallest absolute Gasteiger partial charge is 0.331 e. The van der Waals surface area contributed by atoms with Crippen LogP contribution in [0.15, 0.2) is 83.3 Å². The molecule has 190 valence electrons. The molecule has 37 heavy (non-hydrogen) atoms. The molecular formula is C26H25N5O4S2. The van der Waals surface area contributed by atoms with Crippen LogP contribution in [-0.4, -0.2) is 52.8 Å². The van der Waals surface area contributed by atoms with Crippen LogP contribution in [0.5, 0.6) is 0 Å². The second-order valence-corrected chi connectivity index (χ2v) is 11.9. The monoisotopic (exact) mass is 535 g/mol. The summed E-state index contributed by atoms with van der Waals surface area (Å²) in [6.07, 6.45) is 3.79. The fourth-order valence-electron chi connectivity index (χ4n) is 4.15. The van der Waals surface area contributed by atoms with Gasteiger partial charge in [0.1, 0.15) is 4.21 Å². The predicted molar refractivity (Wildman–Crippen MR) is 141 cm³/mol. The third kappa shape index (κ3) is 5.06. The molecule has 0 radical (unpaired) electrons. The van der Waals surface area contributed by atoms with Gasteiger partial charge < -0.3 is 9.72 Å². The van der Waals surface area contributed by atoms with Gasteiger partial charge >= 0.3 is 5.97 Å². The number of nitrogens with one attached hydrogen (secondary N) is 1. The molecule has 0 spiro atoms. The van der Waals surface area contributed by atoms with E-state index in [-0.39, 0.29) is 10.8 Å². The number of para-hydroxylation sites is 1. The number of hydrogen-bond donors (Lipinski definition) is 1. The van der Waals surface area contributed by atoms with Crippen molar-refractivity contribution >= 4 is 38.2 Å². The number of esters is 1. The van der Waals surface area contributed by atoms with Gasteiger partial charge in [-0.1, -0.05) is 53.7 Å². The zero-order chi connectivity index (χ0) is 26.0. The van der Waals surface area contributed by atoms with E-state index in [2.05, 4.69) is 15.3 Å². The van der Waals surface area contributed by atoms with E-state index >= 15 is 0 Å². The number of aromatic nitrogens is 4. The Labute approximate surface area is 218 Å². The number of fused-ring (bicyclic) bond motifs is 1. The first-order chi connectivity index (χ1) is 17.9. The van der Waals surface area contributed by atoms with E-state index in [4.69, 9.17) is 4.74 Å². The quantitative estimate of drug-likeness (QED) is 0.282. The SMILES string of the molecule is COC(=O)[C@H](Cc1c[nH]c2ccccc12)n1cc(CN(C)S(=O)(=O)c2ccc(-c3ccccc3)s2)nn1. The molecule has 0 saturated carbocycles. The molecule has 0 unspecified atom stereocenters. The van der Waals surface area contributed by atoms with Crippen molar-refractivity contribution in [3.63, 3.8) is 0 Å². The number of sulfonamides is 1. The van der Waals surface area contributed by atoms with Gasteiger partial charge in [-0.15, -0.1) is 16.4 Å². The van der Waals surface area contributed by atoms with Crippen molar-refractivity contribution in [3.05, 3.63) is 90.4 Å². The molecule has 1 N–H and O–H groups in total. The summed E-state index contributed by atoms with van der Waals surface area (Å²) < 4.78 is 34.4. The normalized spacial score (nSPS) is 12.7. The average molecular weight is 536 g/mol. The average Bonchev–Trinajstić information content (AvgIpc) is 3.68. The number of H-pyrrole nitrogens is 1. The number of carbonyl (C=O) groups is 1. The highest BCUT2D eigenvalue weighted by Gasteiger charge is 2.27. The second kappa shape index (κ2) is 10.3. The van der Waals surface area contributed by atoms with Gasteiger partial charge in [0.15, 0.2) is 6.04 Å². The van der Waals surface area contributed by atoms with Crippen LogP contribution in [0.3, 0.4) is 0 Å². The Morgan fingerprint density at radius 2 is 1.86 bits per heavy atom. The Hall–Kier alpha value is -3.80. The fourth-order valence-corrected chi connectivity index (χ4v) is 6.82. The molecule has 3 aromatic heterocycles. The van der Waals surface area contributed by atoms with E-state index in [1.54, 1.807) is 12.3 Å². The molecule has 0 aliphatic heterocycles. The van der Waals surface area contributed by atoms with Gasteiger partial charge in [-0.25, -0.2) is 17.9 Å². The Morgan fingerprint density at radius 3 is 2.65 bits per heavy atom. The molecule has 3 heterocycles. The van der Waals surface area contributed by atoms with E-state index in [0.717, 1.165) is 26.9 Å². The lowest BCUT2D eigenvalue weighted by atomic mass is 10.1. The maximum absolute atomic E-state index is 13.2. The first-order valence-electron chi connectivity index (χ1n) is 11.5. The van der Waals surface area contributed by atoms with Crippen molar-refractivity contribution in [3.8, 4) is 10.4 Å². The summed E-state index contributed by atoms with van der Waals surface area (Å²) in [5.41, 5.74) is 3.29. The summed E-state index contributed by atoms with van der Waals surface area (Å²) in [7, 11) is -0.916. The van der Waals surface area contributed by atoms with Crippen molar-refractivity contribution < 1.29 is 17.9 Å². The molecule has 0 amide bonds. The molecule has 2 aromatic carbocycles. The topological polar surface area (TPSA) is 110 Å². The van der Waals surface area contributed by atoms with Gasteiger partial charge in [0.25, 0.3) is 10.0 Å². The number of thiophene rings is 1. The molecule has 11 heteroatoms. The predicted octanol–water partition coefficient (Wildman–Crippen LogP) is 4.27. The third-order valence-corrected chi connectivity index (χ3v) is 9.53. The number of hydrogen-bond acceptors (Lipinski definition) is 7. The fraction of sp³-hybridized carbons (Fsp3) is 0.192. The minimum absolute atomic E-state index is 0.00187. The van der Waals surface area contributed by atoms with Crippen LogP contribution in [0, 0.1) is 0 Å². The summed E-state index contributed by atoms with van der Waals surface area (Å²) in [4.78, 5) is 16.7. The molecule has 5 aromatic rings. The first-order valence-corrected chi connectivity index (χ1v) is 13.8. The van der Waals surface area contributed by atoms with Crippen LogP contribution in [0.2, 0.25) is 0 Å². The van der Waals surface area contributed by atoms with Gasteiger partial charge in [0.05, 0.1) is 25.5 Å². The molecular weight excluding hydrogens is 510 g/mol. The standard InChI is InChI=1S/C26H25N5O4S2/c1-30(37(33,34)25-13-12-24(36-25)18-8-4-3-5-9-18)16-20-17-31(29-28-20)23(26(32)35-2)14-19-15-27-22-11-7-6-10-21(19)22/h3-13,15,17,23,27H,14,16H2,1-2H3/t23-/m0/s1. The Kier molecular flexibility index (Phi) is 6.92. The number of rotatable bonds is 9. The molecule has 0 aliphatic rings. The van der Waals surface area contributed by atoms with Crippen molar-refractivity contribution in [1.29, 1.82) is 0 Å². The lowest BCUT2D eigenvalue weighted by Crippen LogP contribution is -2.26. The molecule has 0 aliphatic carbocycles. The minimum atomic E-state index is -3.74. The highest BCUT2D eigenvalue weighted by molar-refractivity contribution is 7.91. The van der Waals surface area contributed by atoms with Gasteiger partial charge in [-0.2, -0.15) is 4.31 Å². The summed E-state index contributed by atoms with van der Waals surface area (Å²) in [5.74, 6) is -0.463. The van der Waals surface area contributed by atoms with Gasteiger partial charge in [-0.05, 0) is 29.3 Å². The lowest BCUT2D eigenvalue weighted by molar-refractivity contribution is -0.144. The van der Waals surface area contributed by atoms with Crippen molar-refractivity contribution in [2.45, 2.75) is 23.2 Å². The van der Waals surface area contributed by atoms with E-state index in [0.29, 0.717) is 12.1 Å². The number of ether oxygens (including phenoxy) is 1. The summed E-state index contributed by atoms with van der Waals surface area (Å²) in [6, 6.07) is 20.1. The van der Waals surface area contributed by atoms with Crippen LogP contribution >= 0.6 is 11.3 Å². The summed E-state index contributed by atoms with van der Waals surface area (Å²) in [5, 5.41) is 9.28. The minimum Gasteiger partial charge on any atom is -0.467 e. The zero-order valence-electron chi connectivity index (χ0n) is 20.2. The lowest BCUT2D eigenvalue weighted by Gasteiger charge is -2.15. The van der Waals surface area contributed by atoms with Gasteiger partial charge in [0.2, 0.25) is 0 Å². The number of aromatic amines is 1. The van der Waals surface area contributed by atoms with E-state index in [1.807, 2.05) is 66.9 Å². The maximum Gasteiger partial charge on any atom is 0.331 e. The van der Waals surface area contributed by atoms with Crippen molar-refractivity contribution in [1.82, 2.24) is 24.3 Å². The molecule has 9 nitrogen and oxygen atoms in total. The van der Waals surface area contributed by atoms with Crippen LogP contribution in [0.1, 0.15) is 17.3 Å². The first kappa shape index (κ1) is 24.9. The summed E-state index contributed by atoms with van der Waals surface area (Å²) >= 11 is 1.22. The number of benzene rings is 2. The number of nitrogens with zero attached hydrogens (tertiary/aromatic N) is 4. The van der Waals surface area contributed by atoms with E-state index in [9.17, 15) is 13.2 Å². The Bertz CT molecular complexity index is 1640. The van der Waals surface area contributed by atoms with Crippen LogP contribution < -0.4 is 0 Å². The van der Waals surface area contributed by atoms with Crippen LogP contribution in [0.4, 0.5) is 0 Å². The third-order valence-electron chi connectivity index (χ3n) is 6.13. The van der Waals surface area contributed by atoms with Crippen LogP contribution in [-0.2, 0) is 32.5 Å². The van der Waals surface area contributed by atoms with Gasteiger partial charge in [0, 0.05) is 35.4 Å². The highest BCUT2D eigenvalue weighted by Crippen LogP contribution is 2.32. The van der Waals surface area contributed by atoms with E-state index in [1.165, 1.54) is 34.5 Å². The van der Waals surface area contributed by atoms with Crippen molar-refractivity contribution in [2.24, 2.45) is 0 Å². The Morgan fingerprint density at radius 1 is 1.11 bits per heavy atom. The molecule has 5 rings (SSSR count).